The van der Waals surface area contributed by atoms with Gasteiger partial charge in [-0.25, -0.2) is 9.78 Å². The van der Waals surface area contributed by atoms with Crippen LogP contribution in [0.3, 0.4) is 0 Å². The molecule has 0 aromatic heterocycles. The minimum Gasteiger partial charge on any atom is -0.337 e. The minimum atomic E-state index is -1.03. The van der Waals surface area contributed by atoms with Crippen molar-refractivity contribution in [1.82, 2.24) is 0 Å². The maximum atomic E-state index is 12.8. The molecule has 1 fully saturated rings. The fourth-order valence-electron chi connectivity index (χ4n) is 3.01. The molecule has 1 aliphatic carbocycles. The zero-order valence-electron chi connectivity index (χ0n) is 11.8. The first-order valence-electron chi connectivity index (χ1n) is 7.11. The molecule has 1 saturated heterocycles. The molecule has 4 heteroatoms. The Kier molecular flexibility index (Phi) is 3.15. The molecule has 1 heterocycles. The first kappa shape index (κ1) is 13.4. The van der Waals surface area contributed by atoms with E-state index >= 15 is 0 Å². The van der Waals surface area contributed by atoms with Gasteiger partial charge in [-0.15, -0.1) is 0 Å². The molecule has 0 unspecified atom stereocenters. The van der Waals surface area contributed by atoms with E-state index in [9.17, 15) is 4.79 Å². The summed E-state index contributed by atoms with van der Waals surface area (Å²) in [7, 11) is 0. The molecule has 2 aromatic rings. The van der Waals surface area contributed by atoms with Crippen molar-refractivity contribution >= 4 is 11.4 Å². The van der Waals surface area contributed by atoms with Crippen LogP contribution >= 0.6 is 0 Å². The van der Waals surface area contributed by atoms with E-state index in [-0.39, 0.29) is 12.6 Å². The predicted molar refractivity (Wildman–Crippen MR) is 79.5 cm³/mol. The molecule has 22 heavy (non-hydrogen) atoms. The summed E-state index contributed by atoms with van der Waals surface area (Å²) in [5.41, 5.74) is 1.25. The van der Waals surface area contributed by atoms with Crippen molar-refractivity contribution in [3.05, 3.63) is 77.9 Å². The normalized spacial score (nSPS) is 27.4. The third-order valence-corrected chi connectivity index (χ3v) is 4.04. The Morgan fingerprint density at radius 2 is 1.64 bits per heavy atom. The number of hydrogen-bond donors (Lipinski definition) is 0. The van der Waals surface area contributed by atoms with Gasteiger partial charge in [-0.1, -0.05) is 60.7 Å². The molecule has 2 aliphatic rings. The molecule has 0 saturated carbocycles. The molecule has 4 nitrogen and oxygen atoms in total. The molecular formula is C18H14O4. The van der Waals surface area contributed by atoms with Gasteiger partial charge in [0, 0.05) is 5.57 Å². The van der Waals surface area contributed by atoms with Crippen LogP contribution in [-0.2, 0) is 24.9 Å². The van der Waals surface area contributed by atoms with Gasteiger partial charge >= 0.3 is 0 Å². The lowest BCUT2D eigenvalue weighted by Gasteiger charge is -2.35. The second-order valence-corrected chi connectivity index (χ2v) is 5.31. The van der Waals surface area contributed by atoms with Crippen molar-refractivity contribution in [2.75, 3.05) is 6.79 Å². The van der Waals surface area contributed by atoms with Crippen LogP contribution in [0.4, 0.5) is 0 Å². The molecule has 0 radical (unpaired) electrons. The van der Waals surface area contributed by atoms with Crippen LogP contribution in [0.25, 0.3) is 5.57 Å². The molecule has 0 spiro atoms. The largest absolute Gasteiger partial charge is 0.337 e. The standard InChI is InChI=1S/C18H14O4/c19-16-15(13-7-3-1-4-8-13)11-18(14-9-5-2-6-10-14)17(16)20-12-21-22-18/h1-11,17H,12H2/t17-,18-/m0/s1. The lowest BCUT2D eigenvalue weighted by Crippen LogP contribution is -2.47. The SMILES string of the molecule is O=C1C(c2ccccc2)=C[C@@]2(c3ccccc3)OOCO[C@@H]12. The molecule has 0 N–H and O–H groups in total. The van der Waals surface area contributed by atoms with Gasteiger partial charge in [-0.3, -0.25) is 4.79 Å². The van der Waals surface area contributed by atoms with Gasteiger partial charge in [0.2, 0.25) is 0 Å². The van der Waals surface area contributed by atoms with E-state index in [1.54, 1.807) is 0 Å². The van der Waals surface area contributed by atoms with E-state index in [1.165, 1.54) is 0 Å². The van der Waals surface area contributed by atoms with Crippen molar-refractivity contribution in [2.24, 2.45) is 0 Å². The van der Waals surface area contributed by atoms with Crippen molar-refractivity contribution in [2.45, 2.75) is 11.7 Å². The summed E-state index contributed by atoms with van der Waals surface area (Å²) in [5.74, 6) is -0.0849. The van der Waals surface area contributed by atoms with Crippen LogP contribution in [0.2, 0.25) is 0 Å². The third kappa shape index (κ3) is 1.93. The second kappa shape index (κ2) is 5.18. The van der Waals surface area contributed by atoms with Crippen LogP contribution < -0.4 is 0 Å². The third-order valence-electron chi connectivity index (χ3n) is 4.04. The lowest BCUT2D eigenvalue weighted by molar-refractivity contribution is -0.440. The van der Waals surface area contributed by atoms with Crippen molar-refractivity contribution in [3.8, 4) is 0 Å². The monoisotopic (exact) mass is 294 g/mol. The van der Waals surface area contributed by atoms with Crippen LogP contribution in [-0.4, -0.2) is 18.7 Å². The summed E-state index contributed by atoms with van der Waals surface area (Å²) >= 11 is 0. The van der Waals surface area contributed by atoms with Gasteiger partial charge in [0.05, 0.1) is 0 Å². The Labute approximate surface area is 127 Å². The summed E-state index contributed by atoms with van der Waals surface area (Å²) < 4.78 is 5.57. The molecule has 2 atom stereocenters. The Balaban J connectivity index is 1.87. The Bertz CT molecular complexity index is 723. The number of rotatable bonds is 2. The topological polar surface area (TPSA) is 44.8 Å². The summed E-state index contributed by atoms with van der Waals surface area (Å²) in [6.07, 6.45) is 1.09. The molecule has 0 amide bonds. The van der Waals surface area contributed by atoms with Crippen molar-refractivity contribution in [3.63, 3.8) is 0 Å². The Morgan fingerprint density at radius 1 is 0.955 bits per heavy atom. The van der Waals surface area contributed by atoms with Gasteiger partial charge in [-0.2, -0.15) is 0 Å². The molecule has 1 aliphatic heterocycles. The molecule has 4 rings (SSSR count). The maximum Gasteiger partial charge on any atom is 0.195 e. The summed E-state index contributed by atoms with van der Waals surface area (Å²) in [5, 5.41) is 0. The van der Waals surface area contributed by atoms with E-state index < -0.39 is 11.7 Å². The number of carbonyl (C=O) groups excluding carboxylic acids is 1. The van der Waals surface area contributed by atoms with Gasteiger partial charge in [0.25, 0.3) is 0 Å². The predicted octanol–water partition coefficient (Wildman–Crippen LogP) is 2.85. The number of fused-ring (bicyclic) bond motifs is 1. The quantitative estimate of drug-likeness (QED) is 0.799. The summed E-state index contributed by atoms with van der Waals surface area (Å²) in [6.45, 7) is -0.0547. The minimum absolute atomic E-state index is 0.0547. The maximum absolute atomic E-state index is 12.8. The number of ether oxygens (including phenoxy) is 1. The molecule has 110 valence electrons. The first-order chi connectivity index (χ1) is 10.8. The summed E-state index contributed by atoms with van der Waals surface area (Å²) in [4.78, 5) is 23.4. The fourth-order valence-corrected chi connectivity index (χ4v) is 3.01. The van der Waals surface area contributed by atoms with Crippen LogP contribution in [0.15, 0.2) is 66.7 Å². The smallest absolute Gasteiger partial charge is 0.195 e. The van der Waals surface area contributed by atoms with Crippen LogP contribution in [0, 0.1) is 0 Å². The zero-order valence-corrected chi connectivity index (χ0v) is 11.8. The fraction of sp³-hybridized carbons (Fsp3) is 0.167. The number of benzene rings is 2. The summed E-state index contributed by atoms with van der Waals surface area (Å²) in [6, 6.07) is 19.1. The number of hydrogen-bond acceptors (Lipinski definition) is 4. The Hall–Kier alpha value is -2.27. The van der Waals surface area contributed by atoms with E-state index in [0.29, 0.717) is 5.57 Å². The van der Waals surface area contributed by atoms with Crippen molar-refractivity contribution in [1.29, 1.82) is 0 Å². The second-order valence-electron chi connectivity index (χ2n) is 5.31. The highest BCUT2D eigenvalue weighted by atomic mass is 17.2. The van der Waals surface area contributed by atoms with Gasteiger partial charge in [0.1, 0.15) is 0 Å². The van der Waals surface area contributed by atoms with E-state index in [0.717, 1.165) is 11.1 Å². The van der Waals surface area contributed by atoms with Crippen LogP contribution in [0.5, 0.6) is 0 Å². The van der Waals surface area contributed by atoms with Crippen molar-refractivity contribution < 1.29 is 19.3 Å². The lowest BCUT2D eigenvalue weighted by atomic mass is 9.90. The van der Waals surface area contributed by atoms with Gasteiger partial charge in [0.15, 0.2) is 24.3 Å². The van der Waals surface area contributed by atoms with Gasteiger partial charge in [-0.05, 0) is 17.2 Å². The van der Waals surface area contributed by atoms with E-state index in [1.807, 2.05) is 66.7 Å². The zero-order chi connectivity index (χ0) is 15.0. The molecule has 0 bridgehead atoms. The Morgan fingerprint density at radius 3 is 2.36 bits per heavy atom. The van der Waals surface area contributed by atoms with Gasteiger partial charge < -0.3 is 4.74 Å². The van der Waals surface area contributed by atoms with E-state index in [2.05, 4.69) is 0 Å². The highest BCUT2D eigenvalue weighted by Gasteiger charge is 2.54. The number of Topliss-reactive ketones (excluding diaryl/α,β-unsaturated/α-hetero) is 1. The number of carbonyl (C=O) groups is 1. The average molecular weight is 294 g/mol. The van der Waals surface area contributed by atoms with E-state index in [4.69, 9.17) is 14.5 Å². The molecule has 2 aromatic carbocycles. The highest BCUT2D eigenvalue weighted by Crippen LogP contribution is 2.45. The highest BCUT2D eigenvalue weighted by molar-refractivity contribution is 6.26. The average Bonchev–Trinajstić information content (AvgIpc) is 2.91. The van der Waals surface area contributed by atoms with Crippen LogP contribution in [0.1, 0.15) is 11.1 Å². The first-order valence-corrected chi connectivity index (χ1v) is 7.11. The molecular weight excluding hydrogens is 280 g/mol. The number of ketones is 1.